The maximum absolute atomic E-state index is 10.5. The van der Waals surface area contributed by atoms with Gasteiger partial charge < -0.3 is 19.9 Å². The topological polar surface area (TPSA) is 53.3 Å². The molecule has 1 fully saturated rings. The smallest absolute Gasteiger partial charge is 0.174 e. The minimum atomic E-state index is -0.110. The second kappa shape index (κ2) is 7.04. The summed E-state index contributed by atoms with van der Waals surface area (Å²) in [4.78, 5) is 6.54. The van der Waals surface area contributed by atoms with Crippen LogP contribution >= 0.6 is 12.2 Å². The molecule has 2 atom stereocenters. The van der Waals surface area contributed by atoms with Gasteiger partial charge in [0.25, 0.3) is 0 Å². The Morgan fingerprint density at radius 1 is 1.11 bits per heavy atom. The van der Waals surface area contributed by atoms with Crippen LogP contribution in [0, 0.1) is 0 Å². The summed E-state index contributed by atoms with van der Waals surface area (Å²) < 4.78 is 2.18. The Morgan fingerprint density at radius 2 is 1.89 bits per heavy atom. The molecule has 0 amide bonds. The molecule has 1 aromatic carbocycles. The summed E-state index contributed by atoms with van der Waals surface area (Å²) in [5.74, 6) is 0.205. The minimum Gasteiger partial charge on any atom is -0.506 e. The van der Waals surface area contributed by atoms with Gasteiger partial charge in [-0.1, -0.05) is 18.2 Å². The van der Waals surface area contributed by atoms with Gasteiger partial charge in [-0.05, 0) is 62.0 Å². The average Bonchev–Trinajstić information content (AvgIpc) is 3.28. The second-order valence-electron chi connectivity index (χ2n) is 6.97. The summed E-state index contributed by atoms with van der Waals surface area (Å²) in [6, 6.07) is 15.4. The van der Waals surface area contributed by atoms with Crippen LogP contribution in [0.1, 0.15) is 43.2 Å². The van der Waals surface area contributed by atoms with E-state index in [4.69, 9.17) is 12.2 Å². The van der Waals surface area contributed by atoms with Crippen molar-refractivity contribution >= 4 is 23.0 Å². The van der Waals surface area contributed by atoms with Crippen LogP contribution in [0.25, 0.3) is 0 Å². The summed E-state index contributed by atoms with van der Waals surface area (Å²) in [7, 11) is 0. The molecule has 5 nitrogen and oxygen atoms in total. The molecule has 0 radical (unpaired) electrons. The minimum absolute atomic E-state index is 0.110. The molecule has 0 bridgehead atoms. The van der Waals surface area contributed by atoms with Gasteiger partial charge in [0.1, 0.15) is 5.75 Å². The first kappa shape index (κ1) is 17.5. The second-order valence-corrected chi connectivity index (χ2v) is 7.36. The lowest BCUT2D eigenvalue weighted by Gasteiger charge is -2.27. The van der Waals surface area contributed by atoms with Crippen LogP contribution in [-0.4, -0.2) is 19.8 Å². The lowest BCUT2D eigenvalue weighted by atomic mass is 9.98. The molecule has 6 heteroatoms. The molecule has 0 saturated carbocycles. The largest absolute Gasteiger partial charge is 0.506 e. The molecular formula is C21H22N4OS. The number of hydrogen-bond acceptors (Lipinski definition) is 3. The summed E-state index contributed by atoms with van der Waals surface area (Å²) in [5, 5.41) is 14.4. The summed E-state index contributed by atoms with van der Waals surface area (Å²) >= 11 is 5.66. The zero-order valence-corrected chi connectivity index (χ0v) is 16.1. The summed E-state index contributed by atoms with van der Waals surface area (Å²) in [6.45, 7) is 4.30. The molecule has 0 spiro atoms. The number of anilines is 1. The van der Waals surface area contributed by atoms with Crippen LogP contribution < -0.4 is 10.2 Å². The normalized spacial score (nSPS) is 19.5. The van der Waals surface area contributed by atoms with E-state index in [1.807, 2.05) is 41.3 Å². The molecule has 27 heavy (non-hydrogen) atoms. The van der Waals surface area contributed by atoms with E-state index in [1.54, 1.807) is 12.3 Å². The van der Waals surface area contributed by atoms with E-state index in [0.29, 0.717) is 16.8 Å². The highest BCUT2D eigenvalue weighted by atomic mass is 32.1. The van der Waals surface area contributed by atoms with E-state index >= 15 is 0 Å². The molecule has 1 aliphatic heterocycles. The zero-order valence-electron chi connectivity index (χ0n) is 15.3. The number of benzene rings is 1. The number of aromatic nitrogens is 2. The number of thiocarbonyl (C=S) groups is 1. The molecule has 3 aromatic rings. The van der Waals surface area contributed by atoms with Gasteiger partial charge in [-0.25, -0.2) is 0 Å². The number of aromatic hydroxyl groups is 1. The first-order valence-corrected chi connectivity index (χ1v) is 9.43. The van der Waals surface area contributed by atoms with Crippen molar-refractivity contribution in [1.29, 1.82) is 0 Å². The van der Waals surface area contributed by atoms with E-state index in [-0.39, 0.29) is 17.8 Å². The first-order chi connectivity index (χ1) is 13.1. The van der Waals surface area contributed by atoms with Crippen LogP contribution in [-0.2, 0) is 0 Å². The molecule has 0 unspecified atom stereocenters. The highest BCUT2D eigenvalue weighted by Gasteiger charge is 2.41. The van der Waals surface area contributed by atoms with Crippen molar-refractivity contribution in [2.75, 3.05) is 4.90 Å². The van der Waals surface area contributed by atoms with Crippen LogP contribution in [0.2, 0.25) is 0 Å². The SMILES string of the molecule is CC(C)n1ccc([C@@H]2[C@@H](c3ccccn3)NC(=S)N2c2ccccc2O)c1. The number of rotatable bonds is 4. The molecule has 1 aliphatic rings. The van der Waals surface area contributed by atoms with Crippen LogP contribution in [0.3, 0.4) is 0 Å². The highest BCUT2D eigenvalue weighted by molar-refractivity contribution is 7.80. The Bertz CT molecular complexity index is 954. The van der Waals surface area contributed by atoms with Gasteiger partial charge in [-0.2, -0.15) is 0 Å². The van der Waals surface area contributed by atoms with Crippen molar-refractivity contribution in [1.82, 2.24) is 14.9 Å². The Labute approximate surface area is 164 Å². The Hall–Kier alpha value is -2.86. The number of pyridine rings is 1. The van der Waals surface area contributed by atoms with Crippen molar-refractivity contribution in [3.05, 3.63) is 78.4 Å². The standard InChI is InChI=1S/C21H22N4OS/c1-14(2)24-12-10-15(13-24)20-19(16-7-5-6-11-22-16)23-21(27)25(20)17-8-3-4-9-18(17)26/h3-14,19-20,26H,1-2H3,(H,23,27)/t19-,20-/m1/s1. The molecular weight excluding hydrogens is 356 g/mol. The van der Waals surface area contributed by atoms with Crippen molar-refractivity contribution in [2.24, 2.45) is 0 Å². The van der Waals surface area contributed by atoms with Crippen molar-refractivity contribution in [3.8, 4) is 5.75 Å². The van der Waals surface area contributed by atoms with E-state index < -0.39 is 0 Å². The molecule has 4 rings (SSSR count). The summed E-state index contributed by atoms with van der Waals surface area (Å²) in [5.41, 5.74) is 2.73. The Kier molecular flexibility index (Phi) is 4.58. The average molecular weight is 379 g/mol. The lowest BCUT2D eigenvalue weighted by molar-refractivity contribution is 0.472. The van der Waals surface area contributed by atoms with Crippen LogP contribution in [0.4, 0.5) is 5.69 Å². The Balaban J connectivity index is 1.84. The van der Waals surface area contributed by atoms with Gasteiger partial charge >= 0.3 is 0 Å². The maximum atomic E-state index is 10.5. The predicted molar refractivity (Wildman–Crippen MR) is 111 cm³/mol. The highest BCUT2D eigenvalue weighted by Crippen LogP contribution is 2.44. The molecule has 0 aliphatic carbocycles. The van der Waals surface area contributed by atoms with E-state index in [2.05, 4.69) is 47.2 Å². The van der Waals surface area contributed by atoms with Crippen LogP contribution in [0.15, 0.2) is 67.1 Å². The van der Waals surface area contributed by atoms with Gasteiger partial charge in [0.15, 0.2) is 5.11 Å². The third-order valence-corrected chi connectivity index (χ3v) is 5.23. The van der Waals surface area contributed by atoms with Crippen molar-refractivity contribution < 1.29 is 5.11 Å². The van der Waals surface area contributed by atoms with Gasteiger partial charge in [0, 0.05) is 24.6 Å². The predicted octanol–water partition coefficient (Wildman–Crippen LogP) is 4.35. The summed E-state index contributed by atoms with van der Waals surface area (Å²) in [6.07, 6.45) is 6.02. The van der Waals surface area contributed by atoms with Gasteiger partial charge in [-0.15, -0.1) is 0 Å². The third-order valence-electron chi connectivity index (χ3n) is 4.91. The van der Waals surface area contributed by atoms with E-state index in [0.717, 1.165) is 11.3 Å². The fourth-order valence-electron chi connectivity index (χ4n) is 3.55. The number of nitrogens with one attached hydrogen (secondary N) is 1. The molecule has 1 saturated heterocycles. The third kappa shape index (κ3) is 3.17. The number of para-hydroxylation sites is 2. The molecule has 2 N–H and O–H groups in total. The van der Waals surface area contributed by atoms with Gasteiger partial charge in [-0.3, -0.25) is 4.98 Å². The van der Waals surface area contributed by atoms with E-state index in [1.165, 1.54) is 0 Å². The molecule has 2 aromatic heterocycles. The molecule has 138 valence electrons. The fourth-order valence-corrected chi connectivity index (χ4v) is 3.89. The fraction of sp³-hybridized carbons (Fsp3) is 0.238. The van der Waals surface area contributed by atoms with Gasteiger partial charge in [0.05, 0.1) is 23.5 Å². The van der Waals surface area contributed by atoms with Crippen LogP contribution in [0.5, 0.6) is 5.75 Å². The Morgan fingerprint density at radius 3 is 2.56 bits per heavy atom. The number of phenolic OH excluding ortho intramolecular Hbond substituents is 1. The maximum Gasteiger partial charge on any atom is 0.174 e. The van der Waals surface area contributed by atoms with Gasteiger partial charge in [0.2, 0.25) is 0 Å². The monoisotopic (exact) mass is 378 g/mol. The first-order valence-electron chi connectivity index (χ1n) is 9.02. The van der Waals surface area contributed by atoms with Crippen molar-refractivity contribution in [2.45, 2.75) is 32.0 Å². The number of phenols is 1. The zero-order chi connectivity index (χ0) is 19.0. The number of nitrogens with zero attached hydrogens (tertiary/aromatic N) is 3. The quantitative estimate of drug-likeness (QED) is 0.661. The van der Waals surface area contributed by atoms with Crippen molar-refractivity contribution in [3.63, 3.8) is 0 Å². The van der Waals surface area contributed by atoms with E-state index in [9.17, 15) is 5.11 Å². The lowest BCUT2D eigenvalue weighted by Crippen LogP contribution is -2.29. The number of hydrogen-bond donors (Lipinski definition) is 2. The molecule has 3 heterocycles.